The molecule has 0 bridgehead atoms. The van der Waals surface area contributed by atoms with Crippen molar-refractivity contribution in [2.24, 2.45) is 0 Å². The molecule has 0 heterocycles. The summed E-state index contributed by atoms with van der Waals surface area (Å²) >= 11 is 9.28. The van der Waals surface area contributed by atoms with Crippen LogP contribution in [-0.4, -0.2) is 34.4 Å². The Hall–Kier alpha value is -1.31. The van der Waals surface area contributed by atoms with Crippen LogP contribution in [0.15, 0.2) is 16.6 Å². The molecule has 2 amide bonds. The molecular formula is C13H16BrClN2O4. The lowest BCUT2D eigenvalue weighted by molar-refractivity contribution is -0.141. The maximum absolute atomic E-state index is 11.7. The maximum atomic E-state index is 11.7. The molecule has 0 radical (unpaired) electrons. The van der Waals surface area contributed by atoms with Crippen molar-refractivity contribution in [2.45, 2.75) is 25.9 Å². The first-order valence-corrected chi connectivity index (χ1v) is 7.22. The van der Waals surface area contributed by atoms with E-state index in [1.807, 2.05) is 6.92 Å². The summed E-state index contributed by atoms with van der Waals surface area (Å²) < 4.78 is 0.664. The second-order valence-electron chi connectivity index (χ2n) is 4.96. The van der Waals surface area contributed by atoms with Crippen molar-refractivity contribution in [1.82, 2.24) is 5.32 Å². The molecule has 1 atom stereocenters. The lowest BCUT2D eigenvalue weighted by Crippen LogP contribution is -2.43. The molecule has 1 unspecified atom stereocenters. The summed E-state index contributed by atoms with van der Waals surface area (Å²) in [5, 5.41) is 23.9. The van der Waals surface area contributed by atoms with Gasteiger partial charge in [-0.25, -0.2) is 4.79 Å². The number of carbonyl (C=O) groups excluding carboxylic acids is 1. The topological polar surface area (TPSA) is 98.7 Å². The van der Waals surface area contributed by atoms with Gasteiger partial charge in [0.15, 0.2) is 0 Å². The van der Waals surface area contributed by atoms with E-state index in [2.05, 4.69) is 26.6 Å². The Bertz CT molecular complexity index is 563. The minimum atomic E-state index is -1.52. The summed E-state index contributed by atoms with van der Waals surface area (Å²) in [6, 6.07) is 2.79. The Morgan fingerprint density at radius 2 is 2.05 bits per heavy atom. The van der Waals surface area contributed by atoms with E-state index >= 15 is 0 Å². The highest BCUT2D eigenvalue weighted by atomic mass is 79.9. The summed E-state index contributed by atoms with van der Waals surface area (Å²) in [4.78, 5) is 22.3. The van der Waals surface area contributed by atoms with E-state index in [1.165, 1.54) is 6.92 Å². The summed E-state index contributed by atoms with van der Waals surface area (Å²) in [5.74, 6) is -1.14. The smallest absolute Gasteiger partial charge is 0.319 e. The Kier molecular flexibility index (Phi) is 6.00. The van der Waals surface area contributed by atoms with Gasteiger partial charge < -0.3 is 20.8 Å². The Labute approximate surface area is 135 Å². The van der Waals surface area contributed by atoms with Crippen molar-refractivity contribution >= 4 is 45.2 Å². The Morgan fingerprint density at radius 1 is 1.43 bits per heavy atom. The highest BCUT2D eigenvalue weighted by Crippen LogP contribution is 2.29. The molecule has 0 aliphatic carbocycles. The molecule has 1 aromatic rings. The minimum absolute atomic E-state index is 0.192. The number of carboxylic acids is 1. The molecule has 0 fully saturated rings. The zero-order valence-corrected chi connectivity index (χ0v) is 13.9. The van der Waals surface area contributed by atoms with Gasteiger partial charge in [-0.05, 0) is 47.5 Å². The number of nitrogens with one attached hydrogen (secondary N) is 2. The van der Waals surface area contributed by atoms with Gasteiger partial charge in [0.1, 0.15) is 0 Å². The number of aryl methyl sites for hydroxylation is 1. The third-order valence-electron chi connectivity index (χ3n) is 2.66. The van der Waals surface area contributed by atoms with E-state index in [0.717, 1.165) is 5.56 Å². The van der Waals surface area contributed by atoms with Gasteiger partial charge in [0, 0.05) is 16.0 Å². The lowest BCUT2D eigenvalue weighted by atomic mass is 10.0. The van der Waals surface area contributed by atoms with E-state index in [0.29, 0.717) is 15.2 Å². The van der Waals surface area contributed by atoms with Gasteiger partial charge in [-0.15, -0.1) is 0 Å². The normalized spacial score (nSPS) is 13.4. The highest BCUT2D eigenvalue weighted by Gasteiger charge is 2.24. The van der Waals surface area contributed by atoms with Crippen molar-refractivity contribution < 1.29 is 19.8 Å². The minimum Gasteiger partial charge on any atom is -0.481 e. The fourth-order valence-corrected chi connectivity index (χ4v) is 2.29. The number of carboxylic acid groups (broad SMARTS) is 1. The lowest BCUT2D eigenvalue weighted by Gasteiger charge is -2.21. The third kappa shape index (κ3) is 5.91. The van der Waals surface area contributed by atoms with E-state index in [1.54, 1.807) is 12.1 Å². The molecule has 1 aromatic carbocycles. The van der Waals surface area contributed by atoms with Gasteiger partial charge in [0.05, 0.1) is 17.7 Å². The molecule has 0 saturated heterocycles. The first-order chi connectivity index (χ1) is 9.60. The van der Waals surface area contributed by atoms with Crippen LogP contribution in [0.2, 0.25) is 5.02 Å². The molecule has 0 aliphatic rings. The number of aliphatic carboxylic acids is 1. The average Bonchev–Trinajstić information content (AvgIpc) is 2.32. The standard InChI is InChI=1S/C13H16BrClN2O4/c1-7-3-8(14)10(4-9(7)15)17-12(20)16-6-13(2,21)5-11(18)19/h3-4,21H,5-6H2,1-2H3,(H,18,19)(H2,16,17,20). The van der Waals surface area contributed by atoms with Crippen LogP contribution in [-0.2, 0) is 4.79 Å². The second-order valence-corrected chi connectivity index (χ2v) is 6.22. The summed E-state index contributed by atoms with van der Waals surface area (Å²) in [5.41, 5.74) is -0.189. The number of benzene rings is 1. The van der Waals surface area contributed by atoms with Crippen LogP contribution in [0, 0.1) is 6.92 Å². The van der Waals surface area contributed by atoms with Crippen molar-refractivity contribution in [2.75, 3.05) is 11.9 Å². The first kappa shape index (κ1) is 17.7. The van der Waals surface area contributed by atoms with E-state index in [4.69, 9.17) is 16.7 Å². The number of halogens is 2. The first-order valence-electron chi connectivity index (χ1n) is 6.05. The van der Waals surface area contributed by atoms with Crippen LogP contribution < -0.4 is 10.6 Å². The molecule has 0 aromatic heterocycles. The second kappa shape index (κ2) is 7.11. The van der Waals surface area contributed by atoms with E-state index < -0.39 is 24.0 Å². The molecule has 1 rings (SSSR count). The number of aliphatic hydroxyl groups is 1. The van der Waals surface area contributed by atoms with Crippen LogP contribution in [0.3, 0.4) is 0 Å². The number of hydrogen-bond acceptors (Lipinski definition) is 3. The quantitative estimate of drug-likeness (QED) is 0.632. The molecule has 0 aliphatic heterocycles. The van der Waals surface area contributed by atoms with Crippen LogP contribution in [0.4, 0.5) is 10.5 Å². The zero-order chi connectivity index (χ0) is 16.2. The molecule has 6 nitrogen and oxygen atoms in total. The van der Waals surface area contributed by atoms with Crippen molar-refractivity contribution in [3.8, 4) is 0 Å². The molecule has 0 spiro atoms. The Balaban J connectivity index is 2.62. The Morgan fingerprint density at radius 3 is 2.62 bits per heavy atom. The SMILES string of the molecule is Cc1cc(Br)c(NC(=O)NCC(C)(O)CC(=O)O)cc1Cl. The van der Waals surface area contributed by atoms with Gasteiger partial charge in [0.25, 0.3) is 0 Å². The van der Waals surface area contributed by atoms with E-state index in [-0.39, 0.29) is 6.54 Å². The van der Waals surface area contributed by atoms with E-state index in [9.17, 15) is 14.7 Å². The summed E-state index contributed by atoms with van der Waals surface area (Å²) in [6.45, 7) is 2.97. The van der Waals surface area contributed by atoms with Gasteiger partial charge in [-0.3, -0.25) is 4.79 Å². The van der Waals surface area contributed by atoms with Crippen LogP contribution in [0.5, 0.6) is 0 Å². The van der Waals surface area contributed by atoms with Crippen LogP contribution in [0.25, 0.3) is 0 Å². The van der Waals surface area contributed by atoms with Gasteiger partial charge >= 0.3 is 12.0 Å². The highest BCUT2D eigenvalue weighted by molar-refractivity contribution is 9.10. The third-order valence-corrected chi connectivity index (χ3v) is 3.72. The van der Waals surface area contributed by atoms with Gasteiger partial charge in [0.2, 0.25) is 0 Å². The number of rotatable bonds is 5. The fraction of sp³-hybridized carbons (Fsp3) is 0.385. The predicted molar refractivity (Wildman–Crippen MR) is 83.8 cm³/mol. The van der Waals surface area contributed by atoms with Crippen molar-refractivity contribution in [1.29, 1.82) is 0 Å². The largest absolute Gasteiger partial charge is 0.481 e. The van der Waals surface area contributed by atoms with Crippen molar-refractivity contribution in [3.63, 3.8) is 0 Å². The number of carbonyl (C=O) groups is 2. The predicted octanol–water partition coefficient (Wildman–Crippen LogP) is 2.76. The maximum Gasteiger partial charge on any atom is 0.319 e. The molecule has 21 heavy (non-hydrogen) atoms. The van der Waals surface area contributed by atoms with Gasteiger partial charge in [-0.2, -0.15) is 0 Å². The molecule has 4 N–H and O–H groups in total. The van der Waals surface area contributed by atoms with Gasteiger partial charge in [-0.1, -0.05) is 11.6 Å². The summed E-state index contributed by atoms with van der Waals surface area (Å²) in [6.07, 6.45) is -0.465. The molecular weight excluding hydrogens is 364 g/mol. The number of hydrogen-bond donors (Lipinski definition) is 4. The molecule has 8 heteroatoms. The number of amides is 2. The van der Waals surface area contributed by atoms with Crippen molar-refractivity contribution in [3.05, 3.63) is 27.2 Å². The monoisotopic (exact) mass is 378 g/mol. The fourth-order valence-electron chi connectivity index (χ4n) is 1.57. The summed E-state index contributed by atoms with van der Waals surface area (Å²) in [7, 11) is 0. The van der Waals surface area contributed by atoms with Crippen LogP contribution in [0.1, 0.15) is 18.9 Å². The molecule has 0 saturated carbocycles. The number of urea groups is 1. The zero-order valence-electron chi connectivity index (χ0n) is 11.5. The van der Waals surface area contributed by atoms with Crippen LogP contribution >= 0.6 is 27.5 Å². The average molecular weight is 380 g/mol. The number of anilines is 1. The molecule has 116 valence electrons.